The summed E-state index contributed by atoms with van der Waals surface area (Å²) in [4.78, 5) is 130. The number of aliphatic hydroxyl groups excluding tert-OH is 1. The highest BCUT2D eigenvalue weighted by Crippen LogP contribution is 2.13. The van der Waals surface area contributed by atoms with Gasteiger partial charge in [-0.1, -0.05) is 82.1 Å². The Kier molecular flexibility index (Phi) is 26.8. The van der Waals surface area contributed by atoms with Crippen molar-refractivity contribution in [1.29, 1.82) is 0 Å². The molecule has 9 amide bonds. The van der Waals surface area contributed by atoms with E-state index in [0.717, 1.165) is 0 Å². The third-order valence-electron chi connectivity index (χ3n) is 10.6. The zero-order valence-electron chi connectivity index (χ0n) is 40.4. The Morgan fingerprint density at radius 1 is 0.462 bits per heavy atom. The number of carboxylic acids is 1. The molecule has 0 radical (unpaired) electrons. The van der Waals surface area contributed by atoms with Crippen molar-refractivity contribution in [3.05, 3.63) is 0 Å². The maximum atomic E-state index is 13.7. The highest BCUT2D eigenvalue weighted by atomic mass is 16.4. The van der Waals surface area contributed by atoms with Gasteiger partial charge in [-0.3, -0.25) is 43.2 Å². The number of aliphatic hydroxyl groups is 1. The molecule has 0 fully saturated rings. The van der Waals surface area contributed by atoms with Gasteiger partial charge in [0.25, 0.3) is 0 Å². The number of amides is 9. The van der Waals surface area contributed by atoms with E-state index in [0.29, 0.717) is 12.8 Å². The zero-order valence-corrected chi connectivity index (χ0v) is 40.4. The summed E-state index contributed by atoms with van der Waals surface area (Å²) in [6, 6.07) is -9.35. The van der Waals surface area contributed by atoms with Crippen LogP contribution in [0.1, 0.15) is 116 Å². The number of nitrogens with one attached hydrogen (secondary N) is 9. The van der Waals surface area contributed by atoms with Gasteiger partial charge in [0, 0.05) is 0 Å². The molecule has 65 heavy (non-hydrogen) atoms. The van der Waals surface area contributed by atoms with Gasteiger partial charge in [0.15, 0.2) is 0 Å². The van der Waals surface area contributed by atoms with E-state index in [-0.39, 0.29) is 24.7 Å². The lowest BCUT2D eigenvalue weighted by atomic mass is 9.96. The van der Waals surface area contributed by atoms with Gasteiger partial charge in [0.2, 0.25) is 53.2 Å². The fourth-order valence-corrected chi connectivity index (χ4v) is 6.22. The van der Waals surface area contributed by atoms with Crippen LogP contribution in [-0.4, -0.2) is 137 Å². The van der Waals surface area contributed by atoms with Crippen LogP contribution in [0.4, 0.5) is 0 Å². The van der Waals surface area contributed by atoms with E-state index in [1.54, 1.807) is 55.4 Å². The van der Waals surface area contributed by atoms with E-state index in [9.17, 15) is 58.2 Å². The smallest absolute Gasteiger partial charge is 0.326 e. The fourth-order valence-electron chi connectivity index (χ4n) is 6.22. The highest BCUT2D eigenvalue weighted by Gasteiger charge is 2.36. The maximum absolute atomic E-state index is 13.7. The molecule has 11 atom stereocenters. The minimum absolute atomic E-state index is 0.0230. The lowest BCUT2D eigenvalue weighted by Gasteiger charge is -2.29. The van der Waals surface area contributed by atoms with Crippen LogP contribution in [0, 0.1) is 29.6 Å². The maximum Gasteiger partial charge on any atom is 0.326 e. The number of carbonyl (C=O) groups is 10. The molecular weight excluding hydrogens is 849 g/mol. The van der Waals surface area contributed by atoms with Gasteiger partial charge in [-0.05, 0) is 63.2 Å². The first kappa shape index (κ1) is 59.6. The van der Waals surface area contributed by atoms with Crippen LogP contribution in [0.2, 0.25) is 0 Å². The minimum Gasteiger partial charge on any atom is -0.480 e. The van der Waals surface area contributed by atoms with Crippen LogP contribution in [0.25, 0.3) is 0 Å². The van der Waals surface area contributed by atoms with Crippen molar-refractivity contribution in [2.45, 2.75) is 170 Å². The predicted molar refractivity (Wildman–Crippen MR) is 241 cm³/mol. The molecule has 0 saturated carbocycles. The van der Waals surface area contributed by atoms with E-state index in [1.165, 1.54) is 20.8 Å². The van der Waals surface area contributed by atoms with Crippen molar-refractivity contribution < 1.29 is 58.2 Å². The second kappa shape index (κ2) is 29.2. The molecule has 0 aliphatic carbocycles. The fraction of sp³-hybridized carbons (Fsp3) is 0.767. The van der Waals surface area contributed by atoms with E-state index in [1.807, 2.05) is 13.8 Å². The third-order valence-corrected chi connectivity index (χ3v) is 10.6. The largest absolute Gasteiger partial charge is 0.480 e. The molecule has 372 valence electrons. The van der Waals surface area contributed by atoms with E-state index in [4.69, 9.17) is 5.73 Å². The highest BCUT2D eigenvalue weighted by molar-refractivity contribution is 5.97. The molecule has 0 heterocycles. The average molecular weight is 927 g/mol. The van der Waals surface area contributed by atoms with Crippen molar-refractivity contribution in [2.75, 3.05) is 13.1 Å². The number of carboxylic acid groups (broad SMARTS) is 1. The average Bonchev–Trinajstić information content (AvgIpc) is 3.21. The number of hydrogen-bond acceptors (Lipinski definition) is 12. The molecule has 0 spiro atoms. The van der Waals surface area contributed by atoms with Crippen LogP contribution in [0.15, 0.2) is 0 Å². The molecule has 0 bridgehead atoms. The summed E-state index contributed by atoms with van der Waals surface area (Å²) < 4.78 is 0. The number of hydrogen-bond donors (Lipinski definition) is 12. The topological polar surface area (TPSA) is 345 Å². The van der Waals surface area contributed by atoms with Crippen molar-refractivity contribution in [1.82, 2.24) is 47.9 Å². The Hall–Kier alpha value is -5.38. The summed E-state index contributed by atoms with van der Waals surface area (Å²) in [6.07, 6.45) is -0.235. The van der Waals surface area contributed by atoms with E-state index in [2.05, 4.69) is 47.9 Å². The lowest BCUT2D eigenvalue weighted by Crippen LogP contribution is -2.61. The molecule has 13 N–H and O–H groups in total. The monoisotopic (exact) mass is 927 g/mol. The van der Waals surface area contributed by atoms with Crippen LogP contribution in [0.5, 0.6) is 0 Å². The molecule has 22 nitrogen and oxygen atoms in total. The zero-order chi connectivity index (χ0) is 50.5. The Bertz CT molecular complexity index is 1640. The molecule has 0 saturated heterocycles. The first-order valence-corrected chi connectivity index (χ1v) is 22.4. The molecule has 0 aromatic rings. The second-order valence-corrected chi connectivity index (χ2v) is 18.0. The summed E-state index contributed by atoms with van der Waals surface area (Å²) in [5, 5.41) is 42.4. The van der Waals surface area contributed by atoms with Crippen LogP contribution in [0.3, 0.4) is 0 Å². The van der Waals surface area contributed by atoms with Gasteiger partial charge >= 0.3 is 5.97 Å². The van der Waals surface area contributed by atoms with Gasteiger partial charge in [-0.2, -0.15) is 0 Å². The Labute approximate surface area is 383 Å². The standard InChI is InChI=1S/C43H78N10O12/c1-14-23(9)33(50-30(55)18-45-37(58)26(12)47-38(59)28(16-20(3)4)48-36(57)25(11)44)40(61)46-19-31(56)51-34(24(10)15-2)41(62)49-29(17-21(5)6)39(60)53-35(27(13)54)42(63)52-32(22(7)8)43(64)65/h20-29,32-35,54H,14-19,44H2,1-13H3,(H,45,58)(H,46,61)(H,47,59)(H,48,57)(H,49,62)(H,50,55)(H,51,56)(H,52,63)(H,53,60)(H,64,65)/t23-,24-,25-,26-,27+,28-,29-,32-,33-,34-,35-/m0/s1. The van der Waals surface area contributed by atoms with Crippen LogP contribution < -0.4 is 53.6 Å². The second-order valence-electron chi connectivity index (χ2n) is 18.0. The minimum atomic E-state index is -1.56. The van der Waals surface area contributed by atoms with E-state index >= 15 is 0 Å². The number of nitrogens with two attached hydrogens (primary N) is 1. The lowest BCUT2D eigenvalue weighted by molar-refractivity contribution is -0.144. The van der Waals surface area contributed by atoms with Gasteiger partial charge < -0.3 is 63.8 Å². The quantitative estimate of drug-likeness (QED) is 0.0398. The molecule has 22 heteroatoms. The van der Waals surface area contributed by atoms with E-state index < -0.39 is 144 Å². The van der Waals surface area contributed by atoms with Crippen molar-refractivity contribution in [3.8, 4) is 0 Å². The van der Waals surface area contributed by atoms with Crippen LogP contribution >= 0.6 is 0 Å². The Balaban J connectivity index is 5.77. The molecular formula is C43H78N10O12. The molecule has 0 unspecified atom stereocenters. The normalized spacial score (nSPS) is 16.4. The number of rotatable bonds is 29. The molecule has 0 aromatic heterocycles. The summed E-state index contributed by atoms with van der Waals surface area (Å²) in [5.74, 6) is -9.46. The van der Waals surface area contributed by atoms with Crippen molar-refractivity contribution >= 4 is 59.1 Å². The van der Waals surface area contributed by atoms with Crippen LogP contribution in [-0.2, 0) is 47.9 Å². The summed E-state index contributed by atoms with van der Waals surface area (Å²) in [5.41, 5.74) is 5.62. The number of carbonyl (C=O) groups excluding carboxylic acids is 9. The van der Waals surface area contributed by atoms with Gasteiger partial charge in [0.1, 0.15) is 42.3 Å². The summed E-state index contributed by atoms with van der Waals surface area (Å²) >= 11 is 0. The molecule has 0 rings (SSSR count). The SMILES string of the molecule is CC[C@H](C)[C@H](NC(=O)CNC(=O)[C@H](C)NC(=O)[C@H](CC(C)C)NC(=O)[C@H](C)N)C(=O)NCC(=O)N[C@H](C(=O)N[C@@H](CC(C)C)C(=O)N[C@H](C(=O)N[C@H](C(=O)O)C(C)C)[C@@H](C)O)[C@@H](C)CC. The predicted octanol–water partition coefficient (Wildman–Crippen LogP) is -1.71. The molecule has 0 aliphatic heterocycles. The van der Waals surface area contributed by atoms with Crippen molar-refractivity contribution in [2.24, 2.45) is 35.3 Å². The Morgan fingerprint density at radius 2 is 0.846 bits per heavy atom. The third kappa shape index (κ3) is 21.9. The summed E-state index contributed by atoms with van der Waals surface area (Å²) in [7, 11) is 0. The van der Waals surface area contributed by atoms with Gasteiger partial charge in [-0.25, -0.2) is 4.79 Å². The van der Waals surface area contributed by atoms with Gasteiger partial charge in [-0.15, -0.1) is 0 Å². The molecule has 0 aliphatic rings. The first-order chi connectivity index (χ1) is 30.1. The number of aliphatic carboxylic acids is 1. The van der Waals surface area contributed by atoms with Gasteiger partial charge in [0.05, 0.1) is 25.2 Å². The first-order valence-electron chi connectivity index (χ1n) is 22.4. The summed E-state index contributed by atoms with van der Waals surface area (Å²) in [6.45, 7) is 20.3. The Morgan fingerprint density at radius 3 is 1.23 bits per heavy atom. The molecule has 0 aromatic carbocycles. The van der Waals surface area contributed by atoms with Crippen molar-refractivity contribution in [3.63, 3.8) is 0 Å².